The zero-order chi connectivity index (χ0) is 35.0. The largest absolute Gasteiger partial charge is 0.482 e. The van der Waals surface area contributed by atoms with Crippen LogP contribution in [-0.2, 0) is 14.2 Å². The Morgan fingerprint density at radius 2 is 1.84 bits per heavy atom. The fourth-order valence-corrected chi connectivity index (χ4v) is 9.63. The summed E-state index contributed by atoms with van der Waals surface area (Å²) in [7, 11) is 0. The van der Waals surface area contributed by atoms with Gasteiger partial charge >= 0.3 is 11.6 Å². The molecule has 0 bridgehead atoms. The smallest absolute Gasteiger partial charge is 0.345 e. The molecule has 0 amide bonds. The molecule has 2 aliphatic carbocycles. The van der Waals surface area contributed by atoms with E-state index in [1.54, 1.807) is 30.6 Å². The Labute approximate surface area is 289 Å². The Morgan fingerprint density at radius 1 is 1.04 bits per heavy atom. The quantitative estimate of drug-likeness (QED) is 0.225. The Hall–Kier alpha value is -4.38. The van der Waals surface area contributed by atoms with Crippen LogP contribution in [0.3, 0.4) is 0 Å². The number of aryl methyl sites for hydroxylation is 1. The number of rotatable bonds is 4. The molecule has 1 N–H and O–H groups in total. The van der Waals surface area contributed by atoms with Crippen molar-refractivity contribution in [3.8, 4) is 17.1 Å². The standard InChI is InChI=1S/C40H40FNO8/c1-22-7-5-8-24(17-22)37-46-21-39(3)29-19-31(48-35(44)23-10-12-26(41)13-11-23)40(4)34(38(29,2)15-14-30(39)49-37)33(43)32-28(50-40)18-27(47-36(32)45)25-9-6-16-42-20-25/h5-13,16-18,20,29-31,33-34,37,43H,14-15,19,21H2,1-4H3/t29-,30+,31+,33+,34-,37-,38+,39+,40-/m1/s1. The van der Waals surface area contributed by atoms with E-state index in [1.165, 1.54) is 24.3 Å². The monoisotopic (exact) mass is 681 g/mol. The maximum atomic E-state index is 13.8. The van der Waals surface area contributed by atoms with E-state index < -0.39 is 58.3 Å². The number of carbonyl (C=O) groups excluding carboxylic acids is 1. The van der Waals surface area contributed by atoms with Crippen LogP contribution in [0.25, 0.3) is 11.3 Å². The molecule has 9 nitrogen and oxygen atoms in total. The number of pyridine rings is 1. The number of aliphatic hydroxyl groups excluding tert-OH is 1. The second kappa shape index (κ2) is 11.9. The summed E-state index contributed by atoms with van der Waals surface area (Å²) in [4.78, 5) is 31.5. The summed E-state index contributed by atoms with van der Waals surface area (Å²) in [6.07, 6.45) is 2.05. The highest BCUT2D eigenvalue weighted by Gasteiger charge is 2.71. The molecule has 0 spiro atoms. The van der Waals surface area contributed by atoms with Crippen molar-refractivity contribution in [1.29, 1.82) is 0 Å². The van der Waals surface area contributed by atoms with Crippen LogP contribution < -0.4 is 10.4 Å². The van der Waals surface area contributed by atoms with Crippen molar-refractivity contribution in [3.05, 3.63) is 118 Å². The first kappa shape index (κ1) is 32.8. The molecule has 2 aromatic heterocycles. The van der Waals surface area contributed by atoms with Crippen molar-refractivity contribution in [3.63, 3.8) is 0 Å². The van der Waals surface area contributed by atoms with Crippen LogP contribution in [0.4, 0.5) is 4.39 Å². The first-order chi connectivity index (χ1) is 23.9. The summed E-state index contributed by atoms with van der Waals surface area (Å²) in [6, 6.07) is 18.4. The minimum absolute atomic E-state index is 0.0357. The summed E-state index contributed by atoms with van der Waals surface area (Å²) in [6.45, 7) is 8.54. The molecule has 4 aromatic rings. The molecule has 4 aliphatic rings. The molecule has 3 fully saturated rings. The molecule has 260 valence electrons. The van der Waals surface area contributed by atoms with Gasteiger partial charge in [-0.3, -0.25) is 4.98 Å². The molecule has 9 atom stereocenters. The fraction of sp³-hybridized carbons (Fsp3) is 0.425. The van der Waals surface area contributed by atoms with E-state index in [0.717, 1.165) is 11.1 Å². The van der Waals surface area contributed by atoms with Gasteiger partial charge in [-0.15, -0.1) is 0 Å². The zero-order valence-electron chi connectivity index (χ0n) is 28.4. The third-order valence-electron chi connectivity index (χ3n) is 12.0. The molecule has 10 heteroatoms. The van der Waals surface area contributed by atoms with Crippen LogP contribution in [0.15, 0.2) is 88.3 Å². The molecule has 2 aliphatic heterocycles. The van der Waals surface area contributed by atoms with Crippen LogP contribution in [0.2, 0.25) is 0 Å². The molecule has 50 heavy (non-hydrogen) atoms. The van der Waals surface area contributed by atoms with E-state index in [-0.39, 0.29) is 34.7 Å². The van der Waals surface area contributed by atoms with Gasteiger partial charge in [0, 0.05) is 40.9 Å². The average molecular weight is 682 g/mol. The number of benzene rings is 2. The van der Waals surface area contributed by atoms with Gasteiger partial charge in [-0.05, 0) is 80.8 Å². The maximum absolute atomic E-state index is 13.8. The van der Waals surface area contributed by atoms with E-state index in [1.807, 2.05) is 32.0 Å². The lowest BCUT2D eigenvalue weighted by molar-refractivity contribution is -0.330. The van der Waals surface area contributed by atoms with Crippen LogP contribution in [-0.4, -0.2) is 40.5 Å². The first-order valence-electron chi connectivity index (χ1n) is 17.2. The van der Waals surface area contributed by atoms with Crippen molar-refractivity contribution in [1.82, 2.24) is 4.98 Å². The van der Waals surface area contributed by atoms with Gasteiger partial charge in [0.15, 0.2) is 6.29 Å². The normalized spacial score (nSPS) is 34.3. The molecule has 8 rings (SSSR count). The molecule has 0 unspecified atom stereocenters. The Kier molecular flexibility index (Phi) is 7.78. The van der Waals surface area contributed by atoms with Gasteiger partial charge in [0.25, 0.3) is 0 Å². The zero-order valence-corrected chi connectivity index (χ0v) is 28.4. The van der Waals surface area contributed by atoms with Crippen LogP contribution in [0.5, 0.6) is 5.75 Å². The predicted molar refractivity (Wildman–Crippen MR) is 180 cm³/mol. The third kappa shape index (κ3) is 5.10. The number of hydrogen-bond acceptors (Lipinski definition) is 9. The summed E-state index contributed by atoms with van der Waals surface area (Å²) in [5.41, 5.74) is -0.253. The number of ether oxygens (including phenoxy) is 4. The molecule has 1 saturated heterocycles. The molecule has 2 saturated carbocycles. The first-order valence-corrected chi connectivity index (χ1v) is 17.2. The summed E-state index contributed by atoms with van der Waals surface area (Å²) >= 11 is 0. The van der Waals surface area contributed by atoms with Crippen molar-refractivity contribution in [2.24, 2.45) is 22.7 Å². The van der Waals surface area contributed by atoms with E-state index >= 15 is 0 Å². The average Bonchev–Trinajstić information content (AvgIpc) is 3.09. The Morgan fingerprint density at radius 3 is 2.58 bits per heavy atom. The van der Waals surface area contributed by atoms with E-state index in [4.69, 9.17) is 23.4 Å². The number of halogens is 1. The van der Waals surface area contributed by atoms with Gasteiger partial charge < -0.3 is 28.5 Å². The highest BCUT2D eigenvalue weighted by atomic mass is 19.1. The van der Waals surface area contributed by atoms with Crippen molar-refractivity contribution >= 4 is 5.97 Å². The molecule has 0 radical (unpaired) electrons. The second-order valence-electron chi connectivity index (χ2n) is 15.0. The van der Waals surface area contributed by atoms with Gasteiger partial charge in [0.1, 0.15) is 34.6 Å². The summed E-state index contributed by atoms with van der Waals surface area (Å²) in [5.74, 6) is -1.57. The van der Waals surface area contributed by atoms with E-state index in [0.29, 0.717) is 31.4 Å². The lowest BCUT2D eigenvalue weighted by atomic mass is 9.42. The van der Waals surface area contributed by atoms with Crippen molar-refractivity contribution in [2.45, 2.75) is 77.2 Å². The molecule has 2 aromatic carbocycles. The van der Waals surface area contributed by atoms with E-state index in [2.05, 4.69) is 24.9 Å². The van der Waals surface area contributed by atoms with Gasteiger partial charge in [0.05, 0.1) is 24.4 Å². The van der Waals surface area contributed by atoms with Crippen LogP contribution >= 0.6 is 0 Å². The highest BCUT2D eigenvalue weighted by Crippen LogP contribution is 2.68. The third-order valence-corrected chi connectivity index (χ3v) is 12.0. The number of nitrogens with zero attached hydrogens (tertiary/aromatic N) is 1. The SMILES string of the molecule is Cc1cccc([C@@H]2OC[C@@]3(C)[C@@H]4C[C@H](OC(=O)c5ccc(F)cc5)[C@@]5(C)Oc6cc(-c7cccnc7)oc(=O)c6[C@H](O)[C@@H]5[C@@]4(C)CC[C@@H]3O2)c1. The van der Waals surface area contributed by atoms with Gasteiger partial charge in [0.2, 0.25) is 0 Å². The lowest BCUT2D eigenvalue weighted by Gasteiger charge is -2.67. The number of aromatic nitrogens is 1. The fourth-order valence-electron chi connectivity index (χ4n) is 9.63. The molecular formula is C40H40FNO8. The Bertz CT molecular complexity index is 2000. The molecular weight excluding hydrogens is 641 g/mol. The Balaban J connectivity index is 1.21. The second-order valence-corrected chi connectivity index (χ2v) is 15.0. The number of carbonyl (C=O) groups is 1. The minimum Gasteiger partial charge on any atom is -0.482 e. The number of aliphatic hydroxyl groups is 1. The number of fused-ring (bicyclic) bond motifs is 6. The number of hydrogen-bond donors (Lipinski definition) is 1. The lowest BCUT2D eigenvalue weighted by Crippen LogP contribution is -2.71. The van der Waals surface area contributed by atoms with Gasteiger partial charge in [-0.1, -0.05) is 43.7 Å². The topological polar surface area (TPSA) is 117 Å². The van der Waals surface area contributed by atoms with Crippen molar-refractivity contribution < 1.29 is 37.7 Å². The summed E-state index contributed by atoms with van der Waals surface area (Å²) < 4.78 is 45.9. The maximum Gasteiger partial charge on any atom is 0.345 e. The summed E-state index contributed by atoms with van der Waals surface area (Å²) in [5, 5.41) is 12.4. The number of esters is 1. The van der Waals surface area contributed by atoms with Crippen LogP contribution in [0.1, 0.15) is 79.5 Å². The van der Waals surface area contributed by atoms with E-state index in [9.17, 15) is 19.1 Å². The highest BCUT2D eigenvalue weighted by molar-refractivity contribution is 5.89. The van der Waals surface area contributed by atoms with Crippen molar-refractivity contribution in [2.75, 3.05) is 6.61 Å². The van der Waals surface area contributed by atoms with Crippen LogP contribution in [0, 0.1) is 35.4 Å². The van der Waals surface area contributed by atoms with Gasteiger partial charge in [-0.25, -0.2) is 14.0 Å². The minimum atomic E-state index is -1.30. The van der Waals surface area contributed by atoms with Gasteiger partial charge in [-0.2, -0.15) is 0 Å². The predicted octanol–water partition coefficient (Wildman–Crippen LogP) is 7.12. The molecule has 4 heterocycles.